The normalized spacial score (nSPS) is 10.9. The van der Waals surface area contributed by atoms with Crippen LogP contribution in [0.2, 0.25) is 5.02 Å². The molecule has 0 unspecified atom stereocenters. The summed E-state index contributed by atoms with van der Waals surface area (Å²) in [5, 5.41) is 13.1. The highest BCUT2D eigenvalue weighted by atomic mass is 35.5. The van der Waals surface area contributed by atoms with Crippen LogP contribution in [0.15, 0.2) is 28.8 Å². The molecule has 0 fully saturated rings. The van der Waals surface area contributed by atoms with Crippen molar-refractivity contribution < 1.29 is 14.4 Å². The van der Waals surface area contributed by atoms with Crippen molar-refractivity contribution in [1.82, 2.24) is 15.0 Å². The fourth-order valence-electron chi connectivity index (χ4n) is 1.63. The maximum Gasteiger partial charge on any atom is 0.304 e. The number of halogens is 1. The van der Waals surface area contributed by atoms with Crippen molar-refractivity contribution in [2.75, 3.05) is 13.6 Å². The van der Waals surface area contributed by atoms with E-state index in [1.165, 1.54) is 0 Å². The lowest BCUT2D eigenvalue weighted by molar-refractivity contribution is -0.137. The number of hydrogen-bond acceptors (Lipinski definition) is 5. The van der Waals surface area contributed by atoms with Crippen LogP contribution in [0.4, 0.5) is 0 Å². The monoisotopic (exact) mass is 295 g/mol. The van der Waals surface area contributed by atoms with E-state index in [0.717, 1.165) is 5.56 Å². The van der Waals surface area contributed by atoms with Gasteiger partial charge in [-0.05, 0) is 31.3 Å². The Morgan fingerprint density at radius 2 is 2.10 bits per heavy atom. The van der Waals surface area contributed by atoms with E-state index in [1.54, 1.807) is 31.3 Å². The average molecular weight is 296 g/mol. The summed E-state index contributed by atoms with van der Waals surface area (Å²) in [6, 6.07) is 7.10. The molecule has 0 bridgehead atoms. The minimum atomic E-state index is -0.827. The Labute approximate surface area is 121 Å². The third-order valence-electron chi connectivity index (χ3n) is 2.68. The number of aliphatic carboxylic acids is 1. The maximum atomic E-state index is 10.5. The van der Waals surface area contributed by atoms with Gasteiger partial charge in [-0.15, -0.1) is 0 Å². The molecule has 0 aliphatic carbocycles. The van der Waals surface area contributed by atoms with Gasteiger partial charge in [-0.25, -0.2) is 0 Å². The summed E-state index contributed by atoms with van der Waals surface area (Å²) in [5.74, 6) is 0.109. The Morgan fingerprint density at radius 1 is 1.40 bits per heavy atom. The zero-order valence-electron chi connectivity index (χ0n) is 10.9. The van der Waals surface area contributed by atoms with Crippen LogP contribution in [0.1, 0.15) is 12.2 Å². The molecule has 7 heteroatoms. The van der Waals surface area contributed by atoms with Gasteiger partial charge in [-0.3, -0.25) is 9.69 Å². The van der Waals surface area contributed by atoms with Crippen molar-refractivity contribution in [1.29, 1.82) is 0 Å². The van der Waals surface area contributed by atoms with Gasteiger partial charge in [0.05, 0.1) is 13.0 Å². The van der Waals surface area contributed by atoms with Crippen LogP contribution in [0.3, 0.4) is 0 Å². The minimum Gasteiger partial charge on any atom is -0.481 e. The molecule has 0 amide bonds. The van der Waals surface area contributed by atoms with Gasteiger partial charge in [-0.2, -0.15) is 4.98 Å². The quantitative estimate of drug-likeness (QED) is 0.881. The lowest BCUT2D eigenvalue weighted by atomic mass is 10.2. The molecular formula is C13H14ClN3O3. The molecule has 2 rings (SSSR count). The second-order valence-electron chi connectivity index (χ2n) is 4.40. The van der Waals surface area contributed by atoms with Crippen LogP contribution in [0, 0.1) is 0 Å². The van der Waals surface area contributed by atoms with Gasteiger partial charge in [-0.1, -0.05) is 16.8 Å². The molecule has 1 N–H and O–H groups in total. The van der Waals surface area contributed by atoms with Gasteiger partial charge < -0.3 is 9.63 Å². The molecule has 1 heterocycles. The zero-order chi connectivity index (χ0) is 14.5. The Hall–Kier alpha value is -1.92. The van der Waals surface area contributed by atoms with Crippen molar-refractivity contribution in [2.24, 2.45) is 0 Å². The molecule has 0 atom stereocenters. The average Bonchev–Trinajstić information content (AvgIpc) is 2.85. The Bertz CT molecular complexity index is 583. The number of carboxylic acid groups (broad SMARTS) is 1. The first-order valence-corrected chi connectivity index (χ1v) is 6.41. The van der Waals surface area contributed by atoms with Crippen LogP contribution in [-0.2, 0) is 11.3 Å². The number of rotatable bonds is 6. The van der Waals surface area contributed by atoms with Crippen molar-refractivity contribution in [3.05, 3.63) is 35.1 Å². The second-order valence-corrected chi connectivity index (χ2v) is 4.84. The first-order chi connectivity index (χ1) is 9.54. The van der Waals surface area contributed by atoms with Crippen LogP contribution < -0.4 is 0 Å². The molecule has 0 saturated carbocycles. The van der Waals surface area contributed by atoms with Crippen LogP contribution >= 0.6 is 11.6 Å². The SMILES string of the molecule is CN(CCC(=O)O)Cc1noc(-c2ccc(Cl)cc2)n1. The molecule has 106 valence electrons. The number of aromatic nitrogens is 2. The standard InChI is InChI=1S/C13H14ClN3O3/c1-17(7-6-12(18)19)8-11-15-13(20-16-11)9-2-4-10(14)5-3-9/h2-5H,6-8H2,1H3,(H,18,19). The lowest BCUT2D eigenvalue weighted by Crippen LogP contribution is -2.21. The zero-order valence-corrected chi connectivity index (χ0v) is 11.7. The molecule has 0 saturated heterocycles. The summed E-state index contributed by atoms with van der Waals surface area (Å²) < 4.78 is 5.17. The summed E-state index contributed by atoms with van der Waals surface area (Å²) in [4.78, 5) is 16.6. The van der Waals surface area contributed by atoms with Gasteiger partial charge in [0.25, 0.3) is 5.89 Å². The number of nitrogens with zero attached hydrogens (tertiary/aromatic N) is 3. The summed E-state index contributed by atoms with van der Waals surface area (Å²) in [7, 11) is 1.81. The Morgan fingerprint density at radius 3 is 2.75 bits per heavy atom. The lowest BCUT2D eigenvalue weighted by Gasteiger charge is -2.11. The number of hydrogen-bond donors (Lipinski definition) is 1. The minimum absolute atomic E-state index is 0.0817. The molecule has 0 radical (unpaired) electrons. The van der Waals surface area contributed by atoms with E-state index < -0.39 is 5.97 Å². The van der Waals surface area contributed by atoms with E-state index in [-0.39, 0.29) is 6.42 Å². The molecule has 6 nitrogen and oxygen atoms in total. The highest BCUT2D eigenvalue weighted by molar-refractivity contribution is 6.30. The van der Waals surface area contributed by atoms with Gasteiger partial charge in [0.1, 0.15) is 0 Å². The van der Waals surface area contributed by atoms with Crippen molar-refractivity contribution in [3.8, 4) is 11.5 Å². The van der Waals surface area contributed by atoms with Crippen LogP contribution in [0.25, 0.3) is 11.5 Å². The fraction of sp³-hybridized carbons (Fsp3) is 0.308. The molecule has 1 aromatic carbocycles. The number of carboxylic acids is 1. The third kappa shape index (κ3) is 4.04. The van der Waals surface area contributed by atoms with Gasteiger partial charge >= 0.3 is 5.97 Å². The summed E-state index contributed by atoms with van der Waals surface area (Å²) in [6.07, 6.45) is 0.0817. The molecule has 2 aromatic rings. The molecular weight excluding hydrogens is 282 g/mol. The largest absolute Gasteiger partial charge is 0.481 e. The Balaban J connectivity index is 1.98. The predicted molar refractivity (Wildman–Crippen MR) is 73.3 cm³/mol. The second kappa shape index (κ2) is 6.49. The summed E-state index contributed by atoms with van der Waals surface area (Å²) in [5.41, 5.74) is 0.793. The van der Waals surface area contributed by atoms with Crippen LogP contribution in [-0.4, -0.2) is 39.7 Å². The van der Waals surface area contributed by atoms with E-state index in [1.807, 2.05) is 4.90 Å². The Kier molecular flexibility index (Phi) is 4.70. The summed E-state index contributed by atoms with van der Waals surface area (Å²) >= 11 is 5.81. The number of benzene rings is 1. The predicted octanol–water partition coefficient (Wildman–Crippen LogP) is 2.30. The summed E-state index contributed by atoms with van der Waals surface area (Å²) in [6.45, 7) is 0.866. The van der Waals surface area contributed by atoms with E-state index >= 15 is 0 Å². The smallest absolute Gasteiger partial charge is 0.304 e. The molecule has 1 aromatic heterocycles. The topological polar surface area (TPSA) is 79.5 Å². The van der Waals surface area contributed by atoms with Crippen molar-refractivity contribution in [2.45, 2.75) is 13.0 Å². The van der Waals surface area contributed by atoms with Crippen molar-refractivity contribution >= 4 is 17.6 Å². The van der Waals surface area contributed by atoms with E-state index in [9.17, 15) is 4.79 Å². The highest BCUT2D eigenvalue weighted by Gasteiger charge is 2.11. The first kappa shape index (κ1) is 14.5. The maximum absolute atomic E-state index is 10.5. The molecule has 0 spiro atoms. The van der Waals surface area contributed by atoms with Gasteiger partial charge in [0.2, 0.25) is 0 Å². The molecule has 20 heavy (non-hydrogen) atoms. The van der Waals surface area contributed by atoms with E-state index in [2.05, 4.69) is 10.1 Å². The van der Waals surface area contributed by atoms with E-state index in [0.29, 0.717) is 29.8 Å². The number of carbonyl (C=O) groups is 1. The van der Waals surface area contributed by atoms with Crippen molar-refractivity contribution in [3.63, 3.8) is 0 Å². The highest BCUT2D eigenvalue weighted by Crippen LogP contribution is 2.19. The van der Waals surface area contributed by atoms with Gasteiger partial charge in [0, 0.05) is 17.1 Å². The van der Waals surface area contributed by atoms with E-state index in [4.69, 9.17) is 21.2 Å². The van der Waals surface area contributed by atoms with Gasteiger partial charge in [0.15, 0.2) is 5.82 Å². The fourth-order valence-corrected chi connectivity index (χ4v) is 1.76. The molecule has 0 aliphatic rings. The first-order valence-electron chi connectivity index (χ1n) is 6.03. The third-order valence-corrected chi connectivity index (χ3v) is 2.93. The van der Waals surface area contributed by atoms with Crippen LogP contribution in [0.5, 0.6) is 0 Å². The molecule has 0 aliphatic heterocycles.